The van der Waals surface area contributed by atoms with E-state index in [-0.39, 0.29) is 30.6 Å². The molecule has 14 heteroatoms. The zero-order valence-corrected chi connectivity index (χ0v) is 28.4. The molecule has 0 fully saturated rings. The van der Waals surface area contributed by atoms with Gasteiger partial charge in [-0.15, -0.1) is 0 Å². The number of benzene rings is 4. The zero-order valence-electron chi connectivity index (χ0n) is 26.8. The highest BCUT2D eigenvalue weighted by Crippen LogP contribution is 2.43. The van der Waals surface area contributed by atoms with Crippen molar-refractivity contribution in [3.05, 3.63) is 141 Å². The van der Waals surface area contributed by atoms with Crippen LogP contribution in [0, 0.1) is 0 Å². The number of aliphatic imine (C=N–C) groups is 1. The van der Waals surface area contributed by atoms with E-state index in [0.29, 0.717) is 42.0 Å². The Morgan fingerprint density at radius 3 is 2.18 bits per heavy atom. The summed E-state index contributed by atoms with van der Waals surface area (Å²) in [5.74, 6) is -0.0755. The summed E-state index contributed by atoms with van der Waals surface area (Å²) in [5.41, 5.74) is 1.94. The topological polar surface area (TPSA) is 92.2 Å². The molecule has 0 unspecified atom stereocenters. The van der Waals surface area contributed by atoms with Gasteiger partial charge in [-0.25, -0.2) is 10.4 Å². The number of halogens is 7. The van der Waals surface area contributed by atoms with E-state index in [9.17, 15) is 31.1 Å². The van der Waals surface area contributed by atoms with Crippen LogP contribution in [0.4, 0.5) is 26.3 Å². The number of amides is 1. The Labute approximate surface area is 298 Å². The second-order valence-corrected chi connectivity index (χ2v) is 12.5. The number of carbonyl (C=O) groups is 1. The minimum atomic E-state index is -5.03. The Hall–Kier alpha value is -4.66. The summed E-state index contributed by atoms with van der Waals surface area (Å²) in [6, 6.07) is 24.3. The second-order valence-electron chi connectivity index (χ2n) is 11.6. The molecule has 2 atom stereocenters. The Morgan fingerprint density at radius 1 is 0.922 bits per heavy atom. The fraction of sp³-hybridized carbons (Fsp3) is 0.243. The molecule has 1 amide bonds. The summed E-state index contributed by atoms with van der Waals surface area (Å²) < 4.78 is 93.6. The van der Waals surface area contributed by atoms with E-state index in [1.165, 1.54) is 0 Å². The van der Waals surface area contributed by atoms with Crippen LogP contribution < -0.4 is 15.6 Å². The monoisotopic (exact) mass is 775 g/mol. The van der Waals surface area contributed by atoms with Crippen molar-refractivity contribution in [1.29, 1.82) is 0 Å². The van der Waals surface area contributed by atoms with Crippen molar-refractivity contribution in [3.63, 3.8) is 0 Å². The molecule has 1 aliphatic heterocycles. The molecule has 51 heavy (non-hydrogen) atoms. The van der Waals surface area contributed by atoms with Crippen LogP contribution in [0.15, 0.2) is 113 Å². The van der Waals surface area contributed by atoms with Gasteiger partial charge < -0.3 is 14.6 Å². The number of nitrogens with one attached hydrogen (secondary N) is 2. The molecule has 7 nitrogen and oxygen atoms in total. The quantitative estimate of drug-likeness (QED) is 0.0721. The maximum Gasteiger partial charge on any atom is 0.416 e. The number of carbonyl (C=O) groups excluding carboxylic acids is 1. The smallest absolute Gasteiger partial charge is 0.416 e. The van der Waals surface area contributed by atoms with Gasteiger partial charge in [-0.05, 0) is 71.3 Å². The summed E-state index contributed by atoms with van der Waals surface area (Å²) >= 11 is 3.41. The van der Waals surface area contributed by atoms with Gasteiger partial charge in [0.15, 0.2) is 11.6 Å². The Bertz CT molecular complexity index is 1820. The molecule has 1 aliphatic rings. The number of alkyl halides is 6. The highest BCUT2D eigenvalue weighted by Gasteiger charge is 2.52. The SMILES string of the molecule is O=C(NNCc1cc(C(F)(F)F)cc(C(F)(F)F)c1)[C@@]1(C/C=C/c2ccccc2)N=C(c2ccc(OCCCO)cc2)O[C@H]1c1ccc(Br)cc1. The first-order chi connectivity index (χ1) is 24.3. The van der Waals surface area contributed by atoms with Crippen molar-refractivity contribution in [3.8, 4) is 5.75 Å². The summed E-state index contributed by atoms with van der Waals surface area (Å²) in [6.45, 7) is -0.278. The molecular formula is C37H32BrF6N3O4. The van der Waals surface area contributed by atoms with E-state index in [4.69, 9.17) is 19.6 Å². The van der Waals surface area contributed by atoms with Crippen molar-refractivity contribution >= 4 is 33.8 Å². The van der Waals surface area contributed by atoms with Gasteiger partial charge in [0.05, 0.1) is 17.7 Å². The molecule has 0 aliphatic carbocycles. The van der Waals surface area contributed by atoms with E-state index < -0.39 is 47.6 Å². The lowest BCUT2D eigenvalue weighted by molar-refractivity contribution is -0.143. The lowest BCUT2D eigenvalue weighted by Crippen LogP contribution is -2.52. The Kier molecular flexibility index (Phi) is 11.9. The maximum atomic E-state index is 14.3. The van der Waals surface area contributed by atoms with E-state index in [1.807, 2.05) is 30.3 Å². The van der Waals surface area contributed by atoms with Crippen LogP contribution >= 0.6 is 15.9 Å². The van der Waals surface area contributed by atoms with Gasteiger partial charge in [0.2, 0.25) is 5.90 Å². The molecule has 1 heterocycles. The van der Waals surface area contributed by atoms with Crippen LogP contribution in [-0.4, -0.2) is 35.7 Å². The Balaban J connectivity index is 1.49. The van der Waals surface area contributed by atoms with Gasteiger partial charge in [-0.2, -0.15) is 26.3 Å². The van der Waals surface area contributed by atoms with Crippen LogP contribution in [0.3, 0.4) is 0 Å². The van der Waals surface area contributed by atoms with Crippen LogP contribution in [0.5, 0.6) is 5.75 Å². The van der Waals surface area contributed by atoms with E-state index in [2.05, 4.69) is 26.8 Å². The van der Waals surface area contributed by atoms with E-state index in [1.54, 1.807) is 60.7 Å². The van der Waals surface area contributed by atoms with Gasteiger partial charge in [0, 0.05) is 36.0 Å². The third-order valence-electron chi connectivity index (χ3n) is 7.88. The number of ether oxygens (including phenoxy) is 2. The van der Waals surface area contributed by atoms with E-state index in [0.717, 1.165) is 10.0 Å². The van der Waals surface area contributed by atoms with Crippen molar-refractivity contribution in [2.75, 3.05) is 13.2 Å². The minimum absolute atomic E-state index is 0.0101. The predicted octanol–water partition coefficient (Wildman–Crippen LogP) is 8.43. The molecule has 0 saturated carbocycles. The van der Waals surface area contributed by atoms with Gasteiger partial charge in [-0.1, -0.05) is 70.5 Å². The summed E-state index contributed by atoms with van der Waals surface area (Å²) in [6.07, 6.45) is -7.07. The summed E-state index contributed by atoms with van der Waals surface area (Å²) in [5, 5.41) is 9.04. The molecule has 5 rings (SSSR count). The average Bonchev–Trinajstić information content (AvgIpc) is 3.49. The fourth-order valence-electron chi connectivity index (χ4n) is 5.35. The number of aliphatic hydroxyl groups excluding tert-OH is 1. The standard InChI is InChI=1S/C37H32BrF6N3O4/c38-30-13-9-26(10-14-30)32-35(17-4-8-24-6-2-1-3-7-24,46-33(51-32)27-11-15-31(16-12-27)50-19-5-18-48)34(49)47-45-23-25-20-28(36(39,40)41)22-29(21-25)37(42,43)44/h1-4,6-16,20-22,32,45,48H,5,17-19,23H2,(H,47,49)/b8-4+/t32-,35-/m0/s1. The van der Waals surface area contributed by atoms with Gasteiger partial charge in [-0.3, -0.25) is 10.2 Å². The summed E-state index contributed by atoms with van der Waals surface area (Å²) in [7, 11) is 0. The molecule has 4 aromatic rings. The second kappa shape index (κ2) is 16.1. The normalized spacial score (nSPS) is 17.6. The third-order valence-corrected chi connectivity index (χ3v) is 8.41. The molecule has 0 radical (unpaired) electrons. The number of aliphatic hydroxyl groups is 1. The van der Waals surface area contributed by atoms with Crippen LogP contribution in [-0.2, 0) is 28.4 Å². The molecule has 268 valence electrons. The number of hydrogen-bond donors (Lipinski definition) is 3. The van der Waals surface area contributed by atoms with Crippen LogP contribution in [0.25, 0.3) is 6.08 Å². The highest BCUT2D eigenvalue weighted by atomic mass is 79.9. The third kappa shape index (κ3) is 9.57. The first-order valence-corrected chi connectivity index (χ1v) is 16.5. The van der Waals surface area contributed by atoms with Crippen LogP contribution in [0.2, 0.25) is 0 Å². The lowest BCUT2D eigenvalue weighted by atomic mass is 9.84. The molecule has 0 bridgehead atoms. The number of rotatable bonds is 13. The molecule has 0 aromatic heterocycles. The number of hydrogen-bond acceptors (Lipinski definition) is 6. The molecule has 4 aromatic carbocycles. The fourth-order valence-corrected chi connectivity index (χ4v) is 5.61. The van der Waals surface area contributed by atoms with E-state index >= 15 is 0 Å². The zero-order chi connectivity index (χ0) is 36.6. The van der Waals surface area contributed by atoms with Crippen molar-refractivity contribution in [2.24, 2.45) is 4.99 Å². The van der Waals surface area contributed by atoms with Crippen LogP contribution in [0.1, 0.15) is 52.3 Å². The van der Waals surface area contributed by atoms with Crippen molar-refractivity contribution in [2.45, 2.75) is 43.4 Å². The Morgan fingerprint density at radius 2 is 1.57 bits per heavy atom. The molecule has 0 spiro atoms. The van der Waals surface area contributed by atoms with Gasteiger partial charge in [0.1, 0.15) is 5.75 Å². The first-order valence-electron chi connectivity index (χ1n) is 15.7. The van der Waals surface area contributed by atoms with Gasteiger partial charge in [0.25, 0.3) is 5.91 Å². The maximum absolute atomic E-state index is 14.3. The molecule has 3 N–H and O–H groups in total. The molecule has 0 saturated heterocycles. The number of hydrazine groups is 1. The minimum Gasteiger partial charge on any atom is -0.494 e. The summed E-state index contributed by atoms with van der Waals surface area (Å²) in [4.78, 5) is 19.1. The average molecular weight is 777 g/mol. The van der Waals surface area contributed by atoms with Gasteiger partial charge >= 0.3 is 12.4 Å². The largest absolute Gasteiger partial charge is 0.494 e. The first kappa shape index (κ1) is 37.6. The number of nitrogens with zero attached hydrogens (tertiary/aromatic N) is 1. The van der Waals surface area contributed by atoms with Crippen molar-refractivity contribution in [1.82, 2.24) is 10.9 Å². The predicted molar refractivity (Wildman–Crippen MR) is 182 cm³/mol. The molecular weight excluding hydrogens is 744 g/mol. The lowest BCUT2D eigenvalue weighted by Gasteiger charge is -2.30. The highest BCUT2D eigenvalue weighted by molar-refractivity contribution is 9.10. The van der Waals surface area contributed by atoms with Crippen molar-refractivity contribution < 1.29 is 45.7 Å².